The number of piperidine rings is 1. The average Bonchev–Trinajstić information content (AvgIpc) is 2.38. The molecule has 1 aliphatic rings. The van der Waals surface area contributed by atoms with E-state index in [1.807, 2.05) is 7.05 Å². The van der Waals surface area contributed by atoms with Gasteiger partial charge in [0.15, 0.2) is 0 Å². The van der Waals surface area contributed by atoms with E-state index in [1.165, 1.54) is 0 Å². The van der Waals surface area contributed by atoms with Crippen LogP contribution in [0, 0.1) is 17.8 Å². The summed E-state index contributed by atoms with van der Waals surface area (Å²) >= 11 is 0. The molecule has 1 heterocycles. The fourth-order valence-electron chi connectivity index (χ4n) is 3.26. The van der Waals surface area contributed by atoms with Gasteiger partial charge in [-0.15, -0.1) is 0 Å². The molecule has 1 rings (SSSR count). The third-order valence-electron chi connectivity index (χ3n) is 4.54. The standard InChI is InChI=1S/C15H33N3O2S/c1-12(2)15(13(3)4)11-17-21(19,20)18-9-7-6-8-14(18)10-16-5/h12-17H,6-11H2,1-5H3. The number of rotatable bonds is 8. The first kappa shape index (κ1) is 18.9. The minimum absolute atomic E-state index is 0.0813. The first-order valence-electron chi connectivity index (χ1n) is 8.20. The van der Waals surface area contributed by atoms with Gasteiger partial charge in [-0.2, -0.15) is 12.7 Å². The van der Waals surface area contributed by atoms with Crippen LogP contribution in [-0.2, 0) is 10.2 Å². The van der Waals surface area contributed by atoms with Crippen molar-refractivity contribution >= 4 is 10.2 Å². The zero-order chi connectivity index (χ0) is 16.0. The van der Waals surface area contributed by atoms with E-state index in [9.17, 15) is 8.42 Å². The van der Waals surface area contributed by atoms with Gasteiger partial charge in [-0.3, -0.25) is 0 Å². The molecule has 0 aliphatic carbocycles. The summed E-state index contributed by atoms with van der Waals surface area (Å²) in [6.45, 7) is 10.5. The van der Waals surface area contributed by atoms with E-state index < -0.39 is 10.2 Å². The topological polar surface area (TPSA) is 61.4 Å². The van der Waals surface area contributed by atoms with Crippen molar-refractivity contribution in [3.8, 4) is 0 Å². The Morgan fingerprint density at radius 1 is 1.14 bits per heavy atom. The first-order chi connectivity index (χ1) is 9.79. The predicted molar refractivity (Wildman–Crippen MR) is 88.4 cm³/mol. The van der Waals surface area contributed by atoms with Crippen molar-refractivity contribution in [2.45, 2.75) is 53.0 Å². The Labute approximate surface area is 131 Å². The summed E-state index contributed by atoms with van der Waals surface area (Å²) < 4.78 is 29.7. The van der Waals surface area contributed by atoms with Crippen LogP contribution in [0.15, 0.2) is 0 Å². The van der Waals surface area contributed by atoms with Crippen molar-refractivity contribution < 1.29 is 8.42 Å². The van der Waals surface area contributed by atoms with Gasteiger partial charge in [0, 0.05) is 25.7 Å². The van der Waals surface area contributed by atoms with Crippen LogP contribution in [0.4, 0.5) is 0 Å². The molecule has 0 aromatic carbocycles. The van der Waals surface area contributed by atoms with Gasteiger partial charge in [0.25, 0.3) is 10.2 Å². The van der Waals surface area contributed by atoms with Crippen LogP contribution in [0.1, 0.15) is 47.0 Å². The highest BCUT2D eigenvalue weighted by molar-refractivity contribution is 7.87. The van der Waals surface area contributed by atoms with Crippen LogP contribution in [0.2, 0.25) is 0 Å². The highest BCUT2D eigenvalue weighted by Crippen LogP contribution is 2.22. The molecule has 0 saturated carbocycles. The average molecular weight is 320 g/mol. The molecule has 1 atom stereocenters. The van der Waals surface area contributed by atoms with E-state index in [0.29, 0.717) is 30.8 Å². The van der Waals surface area contributed by atoms with Crippen molar-refractivity contribution in [2.75, 3.05) is 26.7 Å². The molecule has 2 N–H and O–H groups in total. The molecule has 0 amide bonds. The van der Waals surface area contributed by atoms with Crippen LogP contribution < -0.4 is 10.0 Å². The second-order valence-corrected chi connectivity index (χ2v) is 8.53. The highest BCUT2D eigenvalue weighted by Gasteiger charge is 2.32. The van der Waals surface area contributed by atoms with Crippen LogP contribution in [0.25, 0.3) is 0 Å². The van der Waals surface area contributed by atoms with Gasteiger partial charge in [-0.25, -0.2) is 4.72 Å². The van der Waals surface area contributed by atoms with Crippen molar-refractivity contribution in [2.24, 2.45) is 17.8 Å². The van der Waals surface area contributed by atoms with Gasteiger partial charge < -0.3 is 5.32 Å². The third kappa shape index (κ3) is 5.51. The van der Waals surface area contributed by atoms with Crippen molar-refractivity contribution in [3.05, 3.63) is 0 Å². The van der Waals surface area contributed by atoms with Crippen molar-refractivity contribution in [3.63, 3.8) is 0 Å². The molecule has 5 nitrogen and oxygen atoms in total. The number of hydrogen-bond donors (Lipinski definition) is 2. The van der Waals surface area contributed by atoms with Crippen LogP contribution in [0.3, 0.4) is 0 Å². The number of likely N-dealkylation sites (N-methyl/N-ethyl adjacent to an activating group) is 1. The lowest BCUT2D eigenvalue weighted by molar-refractivity contribution is 0.240. The molecule has 0 aromatic rings. The Balaban J connectivity index is 2.70. The lowest BCUT2D eigenvalue weighted by Gasteiger charge is -2.35. The van der Waals surface area contributed by atoms with Crippen LogP contribution in [-0.4, -0.2) is 45.4 Å². The summed E-state index contributed by atoms with van der Waals surface area (Å²) in [7, 11) is -1.50. The molecule has 1 fully saturated rings. The maximum Gasteiger partial charge on any atom is 0.279 e. The summed E-state index contributed by atoms with van der Waals surface area (Å²) in [6.07, 6.45) is 3.01. The SMILES string of the molecule is CNCC1CCCCN1S(=O)(=O)NCC(C(C)C)C(C)C. The molecule has 0 radical (unpaired) electrons. The molecular formula is C15H33N3O2S. The molecule has 0 aromatic heterocycles. The maximum absolute atomic E-state index is 12.6. The summed E-state index contributed by atoms with van der Waals surface area (Å²) in [5, 5.41) is 3.11. The lowest BCUT2D eigenvalue weighted by Crippen LogP contribution is -2.53. The van der Waals surface area contributed by atoms with E-state index in [-0.39, 0.29) is 6.04 Å². The zero-order valence-corrected chi connectivity index (χ0v) is 15.0. The summed E-state index contributed by atoms with van der Waals surface area (Å²) in [5.74, 6) is 1.32. The van der Waals surface area contributed by atoms with Gasteiger partial charge in [0.05, 0.1) is 0 Å². The van der Waals surface area contributed by atoms with Gasteiger partial charge in [-0.1, -0.05) is 34.1 Å². The smallest absolute Gasteiger partial charge is 0.279 e. The minimum Gasteiger partial charge on any atom is -0.318 e. The van der Waals surface area contributed by atoms with Gasteiger partial charge >= 0.3 is 0 Å². The monoisotopic (exact) mass is 319 g/mol. The predicted octanol–water partition coefficient (Wildman–Crippen LogP) is 1.82. The second-order valence-electron chi connectivity index (χ2n) is 6.82. The Morgan fingerprint density at radius 2 is 1.76 bits per heavy atom. The van der Waals surface area contributed by atoms with E-state index >= 15 is 0 Å². The summed E-state index contributed by atoms with van der Waals surface area (Å²) in [5.41, 5.74) is 0. The quantitative estimate of drug-likeness (QED) is 0.717. The van der Waals surface area contributed by atoms with Crippen molar-refractivity contribution in [1.82, 2.24) is 14.3 Å². The van der Waals surface area contributed by atoms with Gasteiger partial charge in [-0.05, 0) is 37.6 Å². The largest absolute Gasteiger partial charge is 0.318 e. The first-order valence-corrected chi connectivity index (χ1v) is 9.64. The fraction of sp³-hybridized carbons (Fsp3) is 1.00. The van der Waals surface area contributed by atoms with E-state index in [0.717, 1.165) is 25.8 Å². The van der Waals surface area contributed by atoms with Crippen LogP contribution in [0.5, 0.6) is 0 Å². The summed E-state index contributed by atoms with van der Waals surface area (Å²) in [4.78, 5) is 0. The molecule has 0 bridgehead atoms. The van der Waals surface area contributed by atoms with Gasteiger partial charge in [0.1, 0.15) is 0 Å². The Bertz CT molecular complexity index is 386. The van der Waals surface area contributed by atoms with E-state index in [4.69, 9.17) is 0 Å². The molecule has 126 valence electrons. The number of nitrogens with zero attached hydrogens (tertiary/aromatic N) is 1. The van der Waals surface area contributed by atoms with Gasteiger partial charge in [0.2, 0.25) is 0 Å². The Hall–Kier alpha value is -0.170. The molecule has 1 saturated heterocycles. The van der Waals surface area contributed by atoms with E-state index in [2.05, 4.69) is 37.7 Å². The van der Waals surface area contributed by atoms with Crippen molar-refractivity contribution in [1.29, 1.82) is 0 Å². The number of hydrogen-bond acceptors (Lipinski definition) is 3. The molecule has 0 spiro atoms. The fourth-order valence-corrected chi connectivity index (χ4v) is 4.77. The molecule has 1 aliphatic heterocycles. The molecular weight excluding hydrogens is 286 g/mol. The third-order valence-corrected chi connectivity index (χ3v) is 6.17. The van der Waals surface area contributed by atoms with E-state index in [1.54, 1.807) is 4.31 Å². The molecule has 6 heteroatoms. The number of nitrogens with one attached hydrogen (secondary N) is 2. The Kier molecular flexibility index (Phi) is 7.60. The normalized spacial score (nSPS) is 21.6. The maximum atomic E-state index is 12.6. The summed E-state index contributed by atoms with van der Waals surface area (Å²) in [6, 6.07) is 0.0813. The zero-order valence-electron chi connectivity index (χ0n) is 14.2. The Morgan fingerprint density at radius 3 is 2.29 bits per heavy atom. The highest BCUT2D eigenvalue weighted by atomic mass is 32.2. The molecule has 1 unspecified atom stereocenters. The molecule has 21 heavy (non-hydrogen) atoms. The lowest BCUT2D eigenvalue weighted by atomic mass is 9.86. The van der Waals surface area contributed by atoms with Crippen LogP contribution >= 0.6 is 0 Å². The second kappa shape index (κ2) is 8.46. The minimum atomic E-state index is -3.37.